The van der Waals surface area contributed by atoms with E-state index < -0.39 is 22.1 Å². The van der Waals surface area contributed by atoms with Crippen molar-refractivity contribution in [1.29, 1.82) is 0 Å². The minimum absolute atomic E-state index is 0.0253. The number of hydrogen-bond donors (Lipinski definition) is 3. The summed E-state index contributed by atoms with van der Waals surface area (Å²) in [6.07, 6.45) is 0. The second kappa shape index (κ2) is 9.21. The van der Waals surface area contributed by atoms with Gasteiger partial charge in [0.15, 0.2) is 0 Å². The van der Waals surface area contributed by atoms with E-state index in [1.165, 1.54) is 11.3 Å². The van der Waals surface area contributed by atoms with Crippen LogP contribution in [0.25, 0.3) is 0 Å². The van der Waals surface area contributed by atoms with E-state index in [9.17, 15) is 13.2 Å². The zero-order valence-corrected chi connectivity index (χ0v) is 17.8. The SMILES string of the molecule is Cc1ccc(S(=O)(=O)NC[C@H](NC(=O)Nc2cccs2)c2ccccc2)c(C)c1. The molecule has 0 radical (unpaired) electrons. The summed E-state index contributed by atoms with van der Waals surface area (Å²) < 4.78 is 28.2. The Kier molecular flexibility index (Phi) is 6.68. The van der Waals surface area contributed by atoms with Crippen LogP contribution in [0.1, 0.15) is 22.7 Å². The van der Waals surface area contributed by atoms with E-state index in [4.69, 9.17) is 0 Å². The maximum absolute atomic E-state index is 12.8. The number of carbonyl (C=O) groups excluding carboxylic acids is 1. The maximum atomic E-state index is 12.8. The lowest BCUT2D eigenvalue weighted by molar-refractivity contribution is 0.248. The number of aryl methyl sites for hydroxylation is 2. The van der Waals surface area contributed by atoms with Gasteiger partial charge >= 0.3 is 6.03 Å². The van der Waals surface area contributed by atoms with Crippen LogP contribution < -0.4 is 15.4 Å². The lowest BCUT2D eigenvalue weighted by atomic mass is 10.1. The van der Waals surface area contributed by atoms with Crippen LogP contribution in [-0.4, -0.2) is 21.0 Å². The molecule has 3 rings (SSSR count). The Labute approximate surface area is 175 Å². The molecular weight excluding hydrogens is 406 g/mol. The first-order valence-corrected chi connectivity index (χ1v) is 11.4. The Morgan fingerprint density at radius 3 is 2.45 bits per heavy atom. The fourth-order valence-corrected chi connectivity index (χ4v) is 4.85. The molecule has 3 aromatic rings. The van der Waals surface area contributed by atoms with Crippen molar-refractivity contribution in [2.75, 3.05) is 11.9 Å². The highest BCUT2D eigenvalue weighted by atomic mass is 32.2. The lowest BCUT2D eigenvalue weighted by Crippen LogP contribution is -2.39. The van der Waals surface area contributed by atoms with Crippen LogP contribution in [0, 0.1) is 13.8 Å². The lowest BCUT2D eigenvalue weighted by Gasteiger charge is -2.20. The highest BCUT2D eigenvalue weighted by Crippen LogP contribution is 2.19. The average Bonchev–Trinajstić information content (AvgIpc) is 3.18. The Morgan fingerprint density at radius 1 is 1.03 bits per heavy atom. The van der Waals surface area contributed by atoms with Gasteiger partial charge in [-0.05, 0) is 48.6 Å². The van der Waals surface area contributed by atoms with Gasteiger partial charge in [0.2, 0.25) is 10.0 Å². The summed E-state index contributed by atoms with van der Waals surface area (Å²) in [4.78, 5) is 12.6. The van der Waals surface area contributed by atoms with Crippen molar-refractivity contribution in [2.45, 2.75) is 24.8 Å². The van der Waals surface area contributed by atoms with Crippen LogP contribution in [0.15, 0.2) is 70.9 Å². The van der Waals surface area contributed by atoms with Gasteiger partial charge in [0.05, 0.1) is 15.9 Å². The van der Waals surface area contributed by atoms with Crippen LogP contribution in [0.5, 0.6) is 0 Å². The summed E-state index contributed by atoms with van der Waals surface area (Å²) in [6.45, 7) is 3.71. The molecular formula is C21H23N3O3S2. The molecule has 0 aliphatic rings. The number of carbonyl (C=O) groups is 1. The van der Waals surface area contributed by atoms with E-state index in [-0.39, 0.29) is 11.4 Å². The molecule has 0 fully saturated rings. The molecule has 0 saturated heterocycles. The van der Waals surface area contributed by atoms with Gasteiger partial charge in [0.25, 0.3) is 0 Å². The molecule has 0 saturated carbocycles. The van der Waals surface area contributed by atoms with Gasteiger partial charge in [-0.15, -0.1) is 11.3 Å². The smallest absolute Gasteiger partial charge is 0.320 e. The first-order valence-electron chi connectivity index (χ1n) is 9.08. The van der Waals surface area contributed by atoms with Crippen molar-refractivity contribution < 1.29 is 13.2 Å². The zero-order chi connectivity index (χ0) is 20.9. The van der Waals surface area contributed by atoms with Crippen molar-refractivity contribution in [3.8, 4) is 0 Å². The molecule has 2 aromatic carbocycles. The van der Waals surface area contributed by atoms with Crippen molar-refractivity contribution in [1.82, 2.24) is 10.0 Å². The standard InChI is InChI=1S/C21H23N3O3S2/c1-15-10-11-19(16(2)13-15)29(26,27)22-14-18(17-7-4-3-5-8-17)23-21(25)24-20-9-6-12-28-20/h3-13,18,22H,14H2,1-2H3,(H2,23,24,25)/t18-/m0/s1. The monoisotopic (exact) mass is 429 g/mol. The maximum Gasteiger partial charge on any atom is 0.320 e. The van der Waals surface area contributed by atoms with E-state index in [1.54, 1.807) is 25.1 Å². The van der Waals surface area contributed by atoms with Crippen LogP contribution in [0.3, 0.4) is 0 Å². The summed E-state index contributed by atoms with van der Waals surface area (Å²) in [5.74, 6) is 0. The van der Waals surface area contributed by atoms with E-state index in [0.29, 0.717) is 10.6 Å². The van der Waals surface area contributed by atoms with Crippen molar-refractivity contribution in [3.05, 3.63) is 82.7 Å². The Bertz CT molecular complexity index is 1070. The van der Waals surface area contributed by atoms with Gasteiger partial charge in [-0.3, -0.25) is 5.32 Å². The summed E-state index contributed by atoms with van der Waals surface area (Å²) >= 11 is 1.41. The topological polar surface area (TPSA) is 87.3 Å². The average molecular weight is 430 g/mol. The third-order valence-corrected chi connectivity index (χ3v) is 6.73. The van der Waals surface area contributed by atoms with Crippen LogP contribution >= 0.6 is 11.3 Å². The Morgan fingerprint density at radius 2 is 1.79 bits per heavy atom. The second-order valence-electron chi connectivity index (χ2n) is 6.66. The highest BCUT2D eigenvalue weighted by Gasteiger charge is 2.21. The fraction of sp³-hybridized carbons (Fsp3) is 0.190. The van der Waals surface area contributed by atoms with Gasteiger partial charge in [-0.1, -0.05) is 48.0 Å². The molecule has 1 aromatic heterocycles. The van der Waals surface area contributed by atoms with Crippen LogP contribution in [-0.2, 0) is 10.0 Å². The Balaban J connectivity index is 1.75. The predicted molar refractivity (Wildman–Crippen MR) is 117 cm³/mol. The van der Waals surface area contributed by atoms with E-state index in [0.717, 1.165) is 11.1 Å². The molecule has 29 heavy (non-hydrogen) atoms. The first-order chi connectivity index (χ1) is 13.8. The number of amides is 2. The summed E-state index contributed by atoms with van der Waals surface area (Å²) in [5, 5.41) is 8.18. The van der Waals surface area contributed by atoms with Gasteiger partial charge < -0.3 is 5.32 Å². The van der Waals surface area contributed by atoms with Crippen molar-refractivity contribution in [3.63, 3.8) is 0 Å². The van der Waals surface area contributed by atoms with Crippen molar-refractivity contribution >= 4 is 32.4 Å². The van der Waals surface area contributed by atoms with Crippen molar-refractivity contribution in [2.24, 2.45) is 0 Å². The van der Waals surface area contributed by atoms with E-state index >= 15 is 0 Å². The second-order valence-corrected chi connectivity index (χ2v) is 9.34. The minimum Gasteiger partial charge on any atom is -0.330 e. The molecule has 1 atom stereocenters. The number of benzene rings is 2. The Hall–Kier alpha value is -2.68. The van der Waals surface area contributed by atoms with E-state index in [1.807, 2.05) is 54.8 Å². The van der Waals surface area contributed by atoms with Gasteiger partial charge in [0, 0.05) is 6.54 Å². The van der Waals surface area contributed by atoms with Crippen LogP contribution in [0.4, 0.5) is 9.80 Å². The number of rotatable bonds is 7. The normalized spacial score (nSPS) is 12.3. The number of hydrogen-bond acceptors (Lipinski definition) is 4. The van der Waals surface area contributed by atoms with E-state index in [2.05, 4.69) is 15.4 Å². The summed E-state index contributed by atoms with van der Waals surface area (Å²) in [6, 6.07) is 17.2. The third-order valence-electron chi connectivity index (χ3n) is 4.36. The third kappa shape index (κ3) is 5.66. The molecule has 0 bridgehead atoms. The molecule has 152 valence electrons. The summed E-state index contributed by atoms with van der Waals surface area (Å²) in [7, 11) is -3.72. The highest BCUT2D eigenvalue weighted by molar-refractivity contribution is 7.89. The number of nitrogens with one attached hydrogen (secondary N) is 3. The molecule has 3 N–H and O–H groups in total. The van der Waals surface area contributed by atoms with Gasteiger partial charge in [-0.25, -0.2) is 17.9 Å². The number of sulfonamides is 1. The number of thiophene rings is 1. The molecule has 2 amide bonds. The van der Waals surface area contributed by atoms with Crippen LogP contribution in [0.2, 0.25) is 0 Å². The first kappa shape index (κ1) is 21.0. The molecule has 1 heterocycles. The predicted octanol–water partition coefficient (Wildman–Crippen LogP) is 4.21. The quantitative estimate of drug-likeness (QED) is 0.526. The molecule has 0 aliphatic carbocycles. The zero-order valence-electron chi connectivity index (χ0n) is 16.2. The van der Waals surface area contributed by atoms with Gasteiger partial charge in [0.1, 0.15) is 0 Å². The largest absolute Gasteiger partial charge is 0.330 e. The fourth-order valence-electron chi connectivity index (χ4n) is 2.97. The molecule has 0 aliphatic heterocycles. The minimum atomic E-state index is -3.72. The summed E-state index contributed by atoms with van der Waals surface area (Å²) in [5.41, 5.74) is 2.48. The van der Waals surface area contributed by atoms with Gasteiger partial charge in [-0.2, -0.15) is 0 Å². The number of anilines is 1. The molecule has 8 heteroatoms. The number of urea groups is 1. The molecule has 0 unspecified atom stereocenters. The molecule has 0 spiro atoms. The molecule has 6 nitrogen and oxygen atoms in total.